The van der Waals surface area contributed by atoms with E-state index >= 15 is 0 Å². The number of para-hydroxylation sites is 1. The molecule has 10 heteroatoms. The Morgan fingerprint density at radius 1 is 1.10 bits per heavy atom. The van der Waals surface area contributed by atoms with Crippen molar-refractivity contribution in [1.29, 1.82) is 0 Å². The average molecular weight is 419 g/mol. The van der Waals surface area contributed by atoms with Crippen LogP contribution >= 0.6 is 0 Å². The number of nitrogen functional groups attached to an aromatic ring is 1. The van der Waals surface area contributed by atoms with Gasteiger partial charge >= 0.3 is 12.1 Å². The molecule has 156 valence electrons. The van der Waals surface area contributed by atoms with Crippen molar-refractivity contribution in [2.45, 2.75) is 6.18 Å². The van der Waals surface area contributed by atoms with Crippen molar-refractivity contribution in [2.24, 2.45) is 0 Å². The molecular formula is C20H16F3N3O4. The first-order chi connectivity index (χ1) is 14.2. The Labute approximate surface area is 168 Å². The number of nitrogens with zero attached hydrogens (tertiary/aromatic N) is 1. The molecule has 0 fully saturated rings. The Hall–Kier alpha value is -3.82. The van der Waals surface area contributed by atoms with E-state index in [1.807, 2.05) is 0 Å². The van der Waals surface area contributed by atoms with Gasteiger partial charge in [-0.3, -0.25) is 4.79 Å². The zero-order valence-electron chi connectivity index (χ0n) is 15.8. The van der Waals surface area contributed by atoms with Crippen LogP contribution in [0.25, 0.3) is 10.9 Å². The Bertz CT molecular complexity index is 1150. The summed E-state index contributed by atoms with van der Waals surface area (Å²) in [6.07, 6.45) is -4.90. The minimum Gasteiger partial charge on any atom is -0.494 e. The summed E-state index contributed by atoms with van der Waals surface area (Å²) >= 11 is 0. The molecule has 1 amide bonds. The summed E-state index contributed by atoms with van der Waals surface area (Å²) in [5.41, 5.74) is 3.76. The normalized spacial score (nSPS) is 11.2. The third kappa shape index (κ3) is 3.97. The fraction of sp³-hybridized carbons (Fsp3) is 0.150. The second-order valence-corrected chi connectivity index (χ2v) is 6.16. The number of esters is 1. The van der Waals surface area contributed by atoms with Crippen molar-refractivity contribution in [1.82, 2.24) is 4.98 Å². The predicted octanol–water partition coefficient (Wildman–Crippen LogP) is 3.88. The number of anilines is 2. The lowest BCUT2D eigenvalue weighted by Crippen LogP contribution is -2.21. The average Bonchev–Trinajstić information content (AvgIpc) is 2.72. The number of benzene rings is 2. The van der Waals surface area contributed by atoms with Crippen LogP contribution in [0.2, 0.25) is 0 Å². The standard InChI is InChI=1S/C20H16F3N3O4/c1-29-15-5-3-4-10-8-12(17(20(21,22)23)26-16(10)15)18(27)25-14-9-11(19(28)30-2)6-7-13(14)24/h3-9H,24H2,1-2H3,(H,25,27). The number of alkyl halides is 3. The van der Waals surface area contributed by atoms with E-state index in [4.69, 9.17) is 10.5 Å². The predicted molar refractivity (Wildman–Crippen MR) is 103 cm³/mol. The number of methoxy groups -OCH3 is 2. The molecule has 0 aliphatic heterocycles. The highest BCUT2D eigenvalue weighted by Crippen LogP contribution is 2.35. The monoisotopic (exact) mass is 419 g/mol. The summed E-state index contributed by atoms with van der Waals surface area (Å²) in [5, 5.41) is 2.59. The van der Waals surface area contributed by atoms with Gasteiger partial charge in [0.2, 0.25) is 0 Å². The third-order valence-corrected chi connectivity index (χ3v) is 4.26. The first-order valence-electron chi connectivity index (χ1n) is 8.50. The fourth-order valence-corrected chi connectivity index (χ4v) is 2.82. The number of carbonyl (C=O) groups is 2. The molecule has 0 spiro atoms. The van der Waals surface area contributed by atoms with Crippen molar-refractivity contribution in [2.75, 3.05) is 25.3 Å². The molecule has 2 aromatic carbocycles. The zero-order valence-corrected chi connectivity index (χ0v) is 15.8. The number of hydrogen-bond acceptors (Lipinski definition) is 6. The second-order valence-electron chi connectivity index (χ2n) is 6.16. The quantitative estimate of drug-likeness (QED) is 0.491. The number of nitrogens with two attached hydrogens (primary N) is 1. The summed E-state index contributed by atoms with van der Waals surface area (Å²) in [6, 6.07) is 9.52. The van der Waals surface area contributed by atoms with Crippen LogP contribution in [0, 0.1) is 0 Å². The SMILES string of the molecule is COC(=O)c1ccc(N)c(NC(=O)c2cc3cccc(OC)c3nc2C(F)(F)F)c1. The Morgan fingerprint density at radius 3 is 2.47 bits per heavy atom. The first-order valence-corrected chi connectivity index (χ1v) is 8.50. The number of pyridine rings is 1. The number of rotatable bonds is 4. The van der Waals surface area contributed by atoms with Gasteiger partial charge in [-0.1, -0.05) is 12.1 Å². The molecule has 0 atom stereocenters. The maximum atomic E-state index is 13.6. The van der Waals surface area contributed by atoms with Gasteiger partial charge in [0.25, 0.3) is 5.91 Å². The van der Waals surface area contributed by atoms with Crippen LogP contribution in [-0.4, -0.2) is 31.1 Å². The summed E-state index contributed by atoms with van der Waals surface area (Å²) in [7, 11) is 2.48. The minimum absolute atomic E-state index is 0.0314. The molecule has 1 heterocycles. The molecule has 3 rings (SSSR count). The maximum Gasteiger partial charge on any atom is 0.434 e. The number of nitrogens with one attached hydrogen (secondary N) is 1. The van der Waals surface area contributed by atoms with Crippen LogP contribution in [0.5, 0.6) is 5.75 Å². The lowest BCUT2D eigenvalue weighted by Gasteiger charge is -2.15. The van der Waals surface area contributed by atoms with Crippen molar-refractivity contribution in [3.63, 3.8) is 0 Å². The molecule has 30 heavy (non-hydrogen) atoms. The van der Waals surface area contributed by atoms with Gasteiger partial charge in [-0.25, -0.2) is 9.78 Å². The lowest BCUT2D eigenvalue weighted by atomic mass is 10.1. The van der Waals surface area contributed by atoms with Crippen molar-refractivity contribution in [3.05, 3.63) is 59.3 Å². The molecular weight excluding hydrogens is 403 g/mol. The van der Waals surface area contributed by atoms with Gasteiger partial charge in [0.15, 0.2) is 5.69 Å². The number of amides is 1. The van der Waals surface area contributed by atoms with Gasteiger partial charge < -0.3 is 20.5 Å². The molecule has 3 aromatic rings. The highest BCUT2D eigenvalue weighted by Gasteiger charge is 2.38. The van der Waals surface area contributed by atoms with E-state index in [1.54, 1.807) is 6.07 Å². The van der Waals surface area contributed by atoms with Crippen LogP contribution in [0.4, 0.5) is 24.5 Å². The summed E-state index contributed by atoms with van der Waals surface area (Å²) in [6.45, 7) is 0. The van der Waals surface area contributed by atoms with E-state index < -0.39 is 29.3 Å². The van der Waals surface area contributed by atoms with E-state index in [2.05, 4.69) is 15.0 Å². The Kier molecular flexibility index (Phi) is 5.50. The number of halogens is 3. The van der Waals surface area contributed by atoms with Crippen molar-refractivity contribution >= 4 is 34.2 Å². The van der Waals surface area contributed by atoms with Crippen molar-refractivity contribution in [3.8, 4) is 5.75 Å². The molecule has 3 N–H and O–H groups in total. The van der Waals surface area contributed by atoms with Crippen LogP contribution in [0.1, 0.15) is 26.4 Å². The number of fused-ring (bicyclic) bond motifs is 1. The number of carbonyl (C=O) groups excluding carboxylic acids is 2. The minimum atomic E-state index is -4.90. The number of hydrogen-bond donors (Lipinski definition) is 2. The molecule has 7 nitrogen and oxygen atoms in total. The molecule has 0 bridgehead atoms. The molecule has 0 aliphatic rings. The molecule has 0 aliphatic carbocycles. The van der Waals surface area contributed by atoms with E-state index in [9.17, 15) is 22.8 Å². The molecule has 0 radical (unpaired) electrons. The topological polar surface area (TPSA) is 104 Å². The Morgan fingerprint density at radius 2 is 1.83 bits per heavy atom. The van der Waals surface area contributed by atoms with Gasteiger partial charge in [-0.05, 0) is 30.3 Å². The first kappa shape index (κ1) is 20.9. The zero-order chi connectivity index (χ0) is 22.1. The Balaban J connectivity index is 2.10. The maximum absolute atomic E-state index is 13.6. The van der Waals surface area contributed by atoms with E-state index in [-0.39, 0.29) is 33.6 Å². The van der Waals surface area contributed by atoms with Gasteiger partial charge in [0, 0.05) is 5.39 Å². The van der Waals surface area contributed by atoms with Crippen LogP contribution in [0.15, 0.2) is 42.5 Å². The second kappa shape index (κ2) is 7.90. The van der Waals surface area contributed by atoms with E-state index in [0.29, 0.717) is 0 Å². The number of aromatic nitrogens is 1. The molecule has 0 saturated heterocycles. The fourth-order valence-electron chi connectivity index (χ4n) is 2.82. The molecule has 0 saturated carbocycles. The lowest BCUT2D eigenvalue weighted by molar-refractivity contribution is -0.141. The summed E-state index contributed by atoms with van der Waals surface area (Å²) in [5.74, 6) is -1.64. The summed E-state index contributed by atoms with van der Waals surface area (Å²) < 4.78 is 50.6. The van der Waals surface area contributed by atoms with Gasteiger partial charge in [-0.2, -0.15) is 13.2 Å². The van der Waals surface area contributed by atoms with Gasteiger partial charge in [0.1, 0.15) is 11.3 Å². The van der Waals surface area contributed by atoms with E-state index in [1.165, 1.54) is 44.6 Å². The molecule has 0 unspecified atom stereocenters. The molecule has 1 aromatic heterocycles. The third-order valence-electron chi connectivity index (χ3n) is 4.26. The smallest absolute Gasteiger partial charge is 0.434 e. The highest BCUT2D eigenvalue weighted by molar-refractivity contribution is 6.09. The van der Waals surface area contributed by atoms with Crippen LogP contribution in [0.3, 0.4) is 0 Å². The van der Waals surface area contributed by atoms with Crippen molar-refractivity contribution < 1.29 is 32.2 Å². The van der Waals surface area contributed by atoms with E-state index in [0.717, 1.165) is 6.07 Å². The van der Waals surface area contributed by atoms with Gasteiger partial charge in [-0.15, -0.1) is 0 Å². The summed E-state index contributed by atoms with van der Waals surface area (Å²) in [4.78, 5) is 28.1. The number of ether oxygens (including phenoxy) is 2. The highest BCUT2D eigenvalue weighted by atomic mass is 19.4. The van der Waals surface area contributed by atoms with Gasteiger partial charge in [0.05, 0.1) is 36.7 Å². The largest absolute Gasteiger partial charge is 0.494 e. The van der Waals surface area contributed by atoms with Crippen LogP contribution < -0.4 is 15.8 Å². The van der Waals surface area contributed by atoms with Crippen LogP contribution in [-0.2, 0) is 10.9 Å².